The molecule has 3 aromatic carbocycles. The maximum atomic E-state index is 13.9. The van der Waals surface area contributed by atoms with Crippen molar-refractivity contribution in [2.45, 2.75) is 13.1 Å². The third-order valence-corrected chi connectivity index (χ3v) is 4.56. The van der Waals surface area contributed by atoms with Crippen LogP contribution in [0.3, 0.4) is 0 Å². The van der Waals surface area contributed by atoms with Crippen molar-refractivity contribution in [2.75, 3.05) is 10.6 Å². The largest absolute Gasteiger partial charge is 0.352 e. The Labute approximate surface area is 170 Å². The van der Waals surface area contributed by atoms with Crippen LogP contribution in [0.1, 0.15) is 5.56 Å². The van der Waals surface area contributed by atoms with Gasteiger partial charge in [0.15, 0.2) is 17.5 Å². The maximum absolute atomic E-state index is 13.9. The van der Waals surface area contributed by atoms with Gasteiger partial charge in [0.05, 0.1) is 16.7 Å². The second kappa shape index (κ2) is 8.28. The molecule has 0 atom stereocenters. The molecule has 4 rings (SSSR count). The van der Waals surface area contributed by atoms with Crippen molar-refractivity contribution in [3.05, 3.63) is 89.7 Å². The number of imidazole rings is 1. The van der Waals surface area contributed by atoms with Crippen molar-refractivity contribution >= 4 is 28.6 Å². The highest BCUT2D eigenvalue weighted by atomic mass is 19.2. The zero-order valence-electron chi connectivity index (χ0n) is 15.7. The number of para-hydroxylation sites is 2. The van der Waals surface area contributed by atoms with Crippen LogP contribution in [0.2, 0.25) is 0 Å². The quantitative estimate of drug-likeness (QED) is 0.453. The van der Waals surface area contributed by atoms with Crippen LogP contribution in [0.4, 0.5) is 24.8 Å². The number of nitrogens with one attached hydrogen (secondary N) is 2. The van der Waals surface area contributed by atoms with Gasteiger partial charge < -0.3 is 15.2 Å². The lowest BCUT2D eigenvalue weighted by molar-refractivity contribution is -0.116. The number of carbonyl (C=O) groups excluding carboxylic acids is 1. The Morgan fingerprint density at radius 2 is 1.63 bits per heavy atom. The summed E-state index contributed by atoms with van der Waals surface area (Å²) in [5, 5.41) is 5.49. The van der Waals surface area contributed by atoms with Crippen molar-refractivity contribution in [1.29, 1.82) is 0 Å². The molecule has 152 valence electrons. The van der Waals surface area contributed by atoms with Gasteiger partial charge in [-0.3, -0.25) is 4.79 Å². The number of hydrogen-bond donors (Lipinski definition) is 2. The van der Waals surface area contributed by atoms with Gasteiger partial charge in [0.25, 0.3) is 0 Å². The van der Waals surface area contributed by atoms with Gasteiger partial charge in [-0.15, -0.1) is 0 Å². The maximum Gasteiger partial charge on any atom is 0.244 e. The smallest absolute Gasteiger partial charge is 0.244 e. The molecule has 0 saturated carbocycles. The summed E-state index contributed by atoms with van der Waals surface area (Å²) >= 11 is 0. The third kappa shape index (κ3) is 3.98. The summed E-state index contributed by atoms with van der Waals surface area (Å²) in [6.45, 7) is 0.291. The zero-order valence-corrected chi connectivity index (χ0v) is 15.7. The highest BCUT2D eigenvalue weighted by Gasteiger charge is 2.17. The molecule has 0 spiro atoms. The number of nitrogens with zero attached hydrogens (tertiary/aromatic N) is 2. The van der Waals surface area contributed by atoms with Crippen LogP contribution >= 0.6 is 0 Å². The number of anilines is 2. The lowest BCUT2D eigenvalue weighted by atomic mass is 10.2. The number of benzene rings is 3. The van der Waals surface area contributed by atoms with E-state index in [0.29, 0.717) is 23.5 Å². The van der Waals surface area contributed by atoms with Crippen molar-refractivity contribution in [3.63, 3.8) is 0 Å². The van der Waals surface area contributed by atoms with E-state index in [4.69, 9.17) is 0 Å². The highest BCUT2D eigenvalue weighted by molar-refractivity contribution is 5.92. The Balaban J connectivity index is 1.58. The molecule has 0 aliphatic rings. The summed E-state index contributed by atoms with van der Waals surface area (Å²) in [5.74, 6) is -4.54. The minimum atomic E-state index is -1.63. The second-order valence-corrected chi connectivity index (χ2v) is 6.62. The Morgan fingerprint density at radius 1 is 0.900 bits per heavy atom. The molecule has 1 heterocycles. The molecule has 0 bridgehead atoms. The molecule has 2 N–H and O–H groups in total. The predicted molar refractivity (Wildman–Crippen MR) is 108 cm³/mol. The second-order valence-electron chi connectivity index (χ2n) is 6.62. The number of fused-ring (bicyclic) bond motifs is 1. The molecule has 1 amide bonds. The van der Waals surface area contributed by atoms with Gasteiger partial charge in [-0.2, -0.15) is 0 Å². The van der Waals surface area contributed by atoms with Crippen molar-refractivity contribution in [3.8, 4) is 0 Å². The van der Waals surface area contributed by atoms with E-state index in [1.807, 2.05) is 48.5 Å². The molecular formula is C22H17F3N4O. The molecule has 0 unspecified atom stereocenters. The summed E-state index contributed by atoms with van der Waals surface area (Å²) < 4.78 is 42.1. The minimum absolute atomic E-state index is 0.198. The molecule has 0 radical (unpaired) electrons. The normalized spacial score (nSPS) is 10.9. The van der Waals surface area contributed by atoms with E-state index in [9.17, 15) is 18.0 Å². The van der Waals surface area contributed by atoms with E-state index in [1.165, 1.54) is 0 Å². The van der Waals surface area contributed by atoms with Gasteiger partial charge in [0.1, 0.15) is 6.54 Å². The lowest BCUT2D eigenvalue weighted by Crippen LogP contribution is -2.21. The first-order chi connectivity index (χ1) is 14.5. The number of amides is 1. The van der Waals surface area contributed by atoms with Gasteiger partial charge in [-0.25, -0.2) is 18.2 Å². The summed E-state index contributed by atoms with van der Waals surface area (Å²) in [4.78, 5) is 17.0. The van der Waals surface area contributed by atoms with E-state index in [2.05, 4.69) is 15.6 Å². The fourth-order valence-corrected chi connectivity index (χ4v) is 3.10. The van der Waals surface area contributed by atoms with E-state index in [-0.39, 0.29) is 6.54 Å². The van der Waals surface area contributed by atoms with Crippen LogP contribution in [0.5, 0.6) is 0 Å². The van der Waals surface area contributed by atoms with Crippen LogP contribution in [-0.4, -0.2) is 15.5 Å². The molecule has 8 heteroatoms. The van der Waals surface area contributed by atoms with Crippen LogP contribution in [0.15, 0.2) is 66.7 Å². The van der Waals surface area contributed by atoms with Crippen molar-refractivity contribution < 1.29 is 18.0 Å². The summed E-state index contributed by atoms with van der Waals surface area (Å²) in [6, 6.07) is 18.7. The predicted octanol–water partition coefficient (Wildman–Crippen LogP) is 4.70. The van der Waals surface area contributed by atoms with E-state index in [0.717, 1.165) is 17.7 Å². The van der Waals surface area contributed by atoms with E-state index in [1.54, 1.807) is 10.6 Å². The Hall–Kier alpha value is -3.81. The van der Waals surface area contributed by atoms with Crippen LogP contribution in [0, 0.1) is 17.5 Å². The molecule has 1 aromatic heterocycles. The minimum Gasteiger partial charge on any atom is -0.352 e. The molecule has 0 fully saturated rings. The first-order valence-electron chi connectivity index (χ1n) is 9.19. The first-order valence-corrected chi connectivity index (χ1v) is 9.19. The summed E-state index contributed by atoms with van der Waals surface area (Å²) in [6.07, 6.45) is 0. The van der Waals surface area contributed by atoms with Crippen LogP contribution in [-0.2, 0) is 17.9 Å². The van der Waals surface area contributed by atoms with Gasteiger partial charge in [-0.1, -0.05) is 42.5 Å². The average molecular weight is 410 g/mol. The molecule has 30 heavy (non-hydrogen) atoms. The van der Waals surface area contributed by atoms with Gasteiger partial charge >= 0.3 is 0 Å². The Bertz CT molecular complexity index is 1210. The first kappa shape index (κ1) is 19.5. The zero-order chi connectivity index (χ0) is 21.1. The number of aromatic nitrogens is 2. The van der Waals surface area contributed by atoms with E-state index < -0.39 is 29.0 Å². The number of halogens is 3. The van der Waals surface area contributed by atoms with Crippen molar-refractivity contribution in [1.82, 2.24) is 9.55 Å². The fraction of sp³-hybridized carbons (Fsp3) is 0.0909. The van der Waals surface area contributed by atoms with Crippen molar-refractivity contribution in [2.24, 2.45) is 0 Å². The summed E-state index contributed by atoms with van der Waals surface area (Å²) in [5.41, 5.74) is 1.99. The van der Waals surface area contributed by atoms with Crippen LogP contribution < -0.4 is 10.6 Å². The monoisotopic (exact) mass is 410 g/mol. The highest BCUT2D eigenvalue weighted by Crippen LogP contribution is 2.22. The SMILES string of the molecule is O=C(Cn1c(NCc2ccccc2)nc2ccccc21)Nc1ccc(F)c(F)c1F. The number of rotatable bonds is 6. The van der Waals surface area contributed by atoms with Gasteiger partial charge in [-0.05, 0) is 29.8 Å². The van der Waals surface area contributed by atoms with E-state index >= 15 is 0 Å². The van der Waals surface area contributed by atoms with Gasteiger partial charge in [0, 0.05) is 6.54 Å². The third-order valence-electron chi connectivity index (χ3n) is 4.56. The molecule has 0 aliphatic carbocycles. The topological polar surface area (TPSA) is 59.0 Å². The number of hydrogen-bond acceptors (Lipinski definition) is 3. The summed E-state index contributed by atoms with van der Waals surface area (Å²) in [7, 11) is 0. The van der Waals surface area contributed by atoms with Crippen LogP contribution in [0.25, 0.3) is 11.0 Å². The standard InChI is InChI=1S/C22H17F3N4O/c23-15-10-11-17(21(25)20(15)24)27-19(30)13-29-18-9-5-4-8-16(18)28-22(29)26-12-14-6-2-1-3-7-14/h1-11H,12-13H2,(H,26,28)(H,27,30). The molecule has 4 aromatic rings. The molecule has 0 saturated heterocycles. The number of carbonyl (C=O) groups is 1. The Morgan fingerprint density at radius 3 is 2.43 bits per heavy atom. The fourth-order valence-electron chi connectivity index (χ4n) is 3.10. The average Bonchev–Trinajstić information content (AvgIpc) is 3.11. The molecule has 5 nitrogen and oxygen atoms in total. The Kier molecular flexibility index (Phi) is 5.38. The molecular weight excluding hydrogens is 393 g/mol. The lowest BCUT2D eigenvalue weighted by Gasteiger charge is -2.12. The molecule has 0 aliphatic heterocycles. The van der Waals surface area contributed by atoms with Gasteiger partial charge in [0.2, 0.25) is 11.9 Å².